The van der Waals surface area contributed by atoms with Crippen molar-refractivity contribution in [3.8, 4) is 0 Å². The van der Waals surface area contributed by atoms with E-state index in [9.17, 15) is 10.1 Å². The van der Waals surface area contributed by atoms with E-state index in [2.05, 4.69) is 5.32 Å². The molecule has 1 N–H and O–H groups in total. The number of nitrogens with one attached hydrogen (secondary N) is 1. The van der Waals surface area contributed by atoms with Gasteiger partial charge in [0.25, 0.3) is 0 Å². The highest BCUT2D eigenvalue weighted by Gasteiger charge is 2.26. The summed E-state index contributed by atoms with van der Waals surface area (Å²) in [5.74, 6) is 0. The number of benzene rings is 1. The van der Waals surface area contributed by atoms with Crippen LogP contribution in [0.3, 0.4) is 0 Å². The molecule has 1 aromatic rings. The molecule has 116 valence electrons. The Morgan fingerprint density at radius 3 is 2.86 bits per heavy atom. The third kappa shape index (κ3) is 3.64. The van der Waals surface area contributed by atoms with E-state index in [1.54, 1.807) is 6.07 Å². The number of nitro benzene ring substituents is 1. The smallest absolute Gasteiger partial charge is 0.315 e. The molecular weight excluding hydrogens is 270 g/mol. The van der Waals surface area contributed by atoms with Crippen molar-refractivity contribution in [1.82, 2.24) is 0 Å². The lowest BCUT2D eigenvalue weighted by Crippen LogP contribution is -2.32. The largest absolute Gasteiger partial charge is 0.380 e. The molecule has 1 unspecified atom stereocenters. The number of ether oxygens (including phenoxy) is 1. The van der Waals surface area contributed by atoms with Crippen LogP contribution in [0.4, 0.5) is 17.1 Å². The zero-order valence-corrected chi connectivity index (χ0v) is 12.7. The van der Waals surface area contributed by atoms with E-state index >= 15 is 0 Å². The third-order valence-corrected chi connectivity index (χ3v) is 3.73. The van der Waals surface area contributed by atoms with E-state index in [1.165, 1.54) is 0 Å². The van der Waals surface area contributed by atoms with Crippen LogP contribution in [0.1, 0.15) is 26.7 Å². The predicted molar refractivity (Wildman–Crippen MR) is 84.1 cm³/mol. The lowest BCUT2D eigenvalue weighted by molar-refractivity contribution is -0.383. The van der Waals surface area contributed by atoms with Gasteiger partial charge in [0.1, 0.15) is 11.4 Å². The summed E-state index contributed by atoms with van der Waals surface area (Å²) in [4.78, 5) is 13.2. The van der Waals surface area contributed by atoms with Gasteiger partial charge in [-0.3, -0.25) is 10.1 Å². The quantitative estimate of drug-likeness (QED) is 0.618. The second-order valence-electron chi connectivity index (χ2n) is 5.13. The molecule has 0 aromatic heterocycles. The third-order valence-electron chi connectivity index (χ3n) is 3.73. The molecule has 1 heterocycles. The Morgan fingerprint density at radius 2 is 2.29 bits per heavy atom. The topological polar surface area (TPSA) is 67.6 Å². The van der Waals surface area contributed by atoms with Crippen LogP contribution < -0.4 is 10.2 Å². The maximum Gasteiger partial charge on any atom is 0.315 e. The number of nitrogens with zero attached hydrogens (tertiary/aromatic N) is 2. The summed E-state index contributed by atoms with van der Waals surface area (Å²) in [6.45, 7) is 6.81. The number of para-hydroxylation sites is 1. The van der Waals surface area contributed by atoms with Gasteiger partial charge in [-0.25, -0.2) is 0 Å². The molecule has 1 aromatic carbocycles. The Kier molecular flexibility index (Phi) is 5.38. The standard InChI is InChI=1S/C15H23N3O3/c1-3-16-13-8-5-9-14(15(13)18(19)20)17(4-2)11-12-7-6-10-21-12/h5,8-9,12,16H,3-4,6-7,10-11H2,1-2H3. The fourth-order valence-corrected chi connectivity index (χ4v) is 2.74. The van der Waals surface area contributed by atoms with Crippen LogP contribution in [0, 0.1) is 10.1 Å². The van der Waals surface area contributed by atoms with Gasteiger partial charge >= 0.3 is 5.69 Å². The summed E-state index contributed by atoms with van der Waals surface area (Å²) in [5, 5.41) is 14.6. The molecule has 6 heteroatoms. The lowest BCUT2D eigenvalue weighted by Gasteiger charge is -2.26. The number of hydrogen-bond donors (Lipinski definition) is 1. The Bertz CT molecular complexity index is 487. The van der Waals surface area contributed by atoms with Crippen molar-refractivity contribution in [3.63, 3.8) is 0 Å². The SMILES string of the molecule is CCNc1cccc(N(CC)CC2CCCO2)c1[N+](=O)[O-]. The van der Waals surface area contributed by atoms with E-state index in [-0.39, 0.29) is 16.7 Å². The van der Waals surface area contributed by atoms with Crippen LogP contribution in [0.25, 0.3) is 0 Å². The highest BCUT2D eigenvalue weighted by atomic mass is 16.6. The van der Waals surface area contributed by atoms with Crippen LogP contribution in [-0.4, -0.2) is 37.3 Å². The first-order valence-corrected chi connectivity index (χ1v) is 7.55. The van der Waals surface area contributed by atoms with Crippen LogP contribution in [0.15, 0.2) is 18.2 Å². The van der Waals surface area contributed by atoms with Crippen molar-refractivity contribution in [2.45, 2.75) is 32.8 Å². The molecule has 0 spiro atoms. The zero-order valence-electron chi connectivity index (χ0n) is 12.7. The molecule has 1 aliphatic rings. The first-order chi connectivity index (χ1) is 10.2. The van der Waals surface area contributed by atoms with Crippen molar-refractivity contribution in [2.24, 2.45) is 0 Å². The van der Waals surface area contributed by atoms with E-state index < -0.39 is 0 Å². The molecule has 2 rings (SSSR count). The summed E-state index contributed by atoms with van der Waals surface area (Å²) in [5.41, 5.74) is 1.39. The molecule has 1 atom stereocenters. The van der Waals surface area contributed by atoms with Gasteiger partial charge in [-0.05, 0) is 38.8 Å². The molecular formula is C15H23N3O3. The fourth-order valence-electron chi connectivity index (χ4n) is 2.74. The van der Waals surface area contributed by atoms with Crippen LogP contribution in [0.2, 0.25) is 0 Å². The van der Waals surface area contributed by atoms with E-state index in [1.807, 2.05) is 30.9 Å². The number of hydrogen-bond acceptors (Lipinski definition) is 5. The van der Waals surface area contributed by atoms with Gasteiger partial charge in [0.15, 0.2) is 0 Å². The monoisotopic (exact) mass is 293 g/mol. The molecule has 1 fully saturated rings. The first-order valence-electron chi connectivity index (χ1n) is 7.55. The zero-order chi connectivity index (χ0) is 15.2. The summed E-state index contributed by atoms with van der Waals surface area (Å²) in [7, 11) is 0. The molecule has 0 aliphatic carbocycles. The molecule has 1 saturated heterocycles. The Morgan fingerprint density at radius 1 is 1.48 bits per heavy atom. The van der Waals surface area contributed by atoms with Gasteiger partial charge < -0.3 is 15.0 Å². The highest BCUT2D eigenvalue weighted by Crippen LogP contribution is 2.35. The van der Waals surface area contributed by atoms with Crippen molar-refractivity contribution < 1.29 is 9.66 Å². The number of anilines is 2. The minimum atomic E-state index is -0.300. The molecule has 0 saturated carbocycles. The van der Waals surface area contributed by atoms with Gasteiger partial charge in [0.05, 0.1) is 11.0 Å². The number of likely N-dealkylation sites (N-methyl/N-ethyl adjacent to an activating group) is 1. The van der Waals surface area contributed by atoms with Gasteiger partial charge in [-0.15, -0.1) is 0 Å². The maximum atomic E-state index is 11.5. The fraction of sp³-hybridized carbons (Fsp3) is 0.600. The number of rotatable bonds is 7. The Labute approximate surface area is 125 Å². The normalized spacial score (nSPS) is 17.7. The van der Waals surface area contributed by atoms with Crippen molar-refractivity contribution in [2.75, 3.05) is 36.5 Å². The van der Waals surface area contributed by atoms with Crippen LogP contribution in [0.5, 0.6) is 0 Å². The molecule has 0 radical (unpaired) electrons. The Hall–Kier alpha value is -1.82. The summed E-state index contributed by atoms with van der Waals surface area (Å²) >= 11 is 0. The first kappa shape index (κ1) is 15.6. The van der Waals surface area contributed by atoms with Gasteiger partial charge in [-0.2, -0.15) is 0 Å². The predicted octanol–water partition coefficient (Wildman–Crippen LogP) is 3.03. The van der Waals surface area contributed by atoms with Crippen molar-refractivity contribution in [3.05, 3.63) is 28.3 Å². The lowest BCUT2D eigenvalue weighted by atomic mass is 10.1. The van der Waals surface area contributed by atoms with Gasteiger partial charge in [0.2, 0.25) is 0 Å². The average Bonchev–Trinajstić information content (AvgIpc) is 2.97. The van der Waals surface area contributed by atoms with E-state index in [0.29, 0.717) is 24.5 Å². The molecule has 6 nitrogen and oxygen atoms in total. The molecule has 0 amide bonds. The number of nitro groups is 1. The highest BCUT2D eigenvalue weighted by molar-refractivity contribution is 5.77. The van der Waals surface area contributed by atoms with Gasteiger partial charge in [-0.1, -0.05) is 6.07 Å². The Balaban J connectivity index is 2.30. The average molecular weight is 293 g/mol. The molecule has 1 aliphatic heterocycles. The maximum absolute atomic E-state index is 11.5. The van der Waals surface area contributed by atoms with Gasteiger partial charge in [0, 0.05) is 26.2 Å². The summed E-state index contributed by atoms with van der Waals surface area (Å²) in [6.07, 6.45) is 2.27. The minimum absolute atomic E-state index is 0.152. The van der Waals surface area contributed by atoms with Crippen molar-refractivity contribution >= 4 is 17.1 Å². The minimum Gasteiger partial charge on any atom is -0.380 e. The van der Waals surface area contributed by atoms with Crippen LogP contribution >= 0.6 is 0 Å². The second kappa shape index (κ2) is 7.26. The van der Waals surface area contributed by atoms with E-state index in [4.69, 9.17) is 4.74 Å². The second-order valence-corrected chi connectivity index (χ2v) is 5.13. The summed E-state index contributed by atoms with van der Waals surface area (Å²) < 4.78 is 5.66. The van der Waals surface area contributed by atoms with Crippen LogP contribution in [-0.2, 0) is 4.74 Å². The van der Waals surface area contributed by atoms with E-state index in [0.717, 1.165) is 26.0 Å². The molecule has 21 heavy (non-hydrogen) atoms. The summed E-state index contributed by atoms with van der Waals surface area (Å²) in [6, 6.07) is 5.43. The van der Waals surface area contributed by atoms with Crippen molar-refractivity contribution in [1.29, 1.82) is 0 Å². The molecule has 0 bridgehead atoms.